The number of ketones is 2. The smallest absolute Gasteiger partial charge is 0.418 e. The largest absolute Gasteiger partial charge is 0.491 e. The third-order valence-corrected chi connectivity index (χ3v) is 5.84. The molecule has 2 aliphatic carbocycles. The Morgan fingerprint density at radius 3 is 2.51 bits per heavy atom. The van der Waals surface area contributed by atoms with Crippen LogP contribution in [0.15, 0.2) is 47.9 Å². The number of carbonyl (C=O) groups excluding carboxylic acids is 4. The zero-order valence-electron chi connectivity index (χ0n) is 18.3. The van der Waals surface area contributed by atoms with Gasteiger partial charge in [0.15, 0.2) is 23.0 Å². The van der Waals surface area contributed by atoms with Crippen LogP contribution in [-0.2, 0) is 24.1 Å². The molecule has 1 heterocycles. The van der Waals surface area contributed by atoms with E-state index < -0.39 is 52.9 Å². The summed E-state index contributed by atoms with van der Waals surface area (Å²) >= 11 is 0. The van der Waals surface area contributed by atoms with Crippen LogP contribution < -0.4 is 11.2 Å². The molecule has 0 bridgehead atoms. The number of benzene rings is 1. The Labute approximate surface area is 196 Å². The van der Waals surface area contributed by atoms with E-state index in [4.69, 9.17) is 10.6 Å². The molecule has 1 aliphatic heterocycles. The number of hydrogen-bond acceptors (Lipinski definition) is 10. The van der Waals surface area contributed by atoms with Crippen molar-refractivity contribution in [2.24, 2.45) is 17.6 Å². The zero-order chi connectivity index (χ0) is 25.5. The lowest BCUT2D eigenvalue weighted by molar-refractivity contribution is -0.288. The van der Waals surface area contributed by atoms with Crippen LogP contribution >= 0.6 is 0 Å². The van der Waals surface area contributed by atoms with Gasteiger partial charge in [-0.1, -0.05) is 30.3 Å². The number of nitrogens with zero attached hydrogens (tertiary/aromatic N) is 1. The standard InChI is InChI=1S/C22H20F3N3O7/c1-21(26)19(31)35-33-10-4-9-28(21)27-16-14(34-20(32)22(23,24)25)8-7-13-15(16)18(30)12-6-3-2-5-11(12)17(13)29/h2-3,5-8,13,15,27H,4,9-10,26H2,1H3/t13?,15?,21-/m0/s1. The predicted octanol–water partition coefficient (Wildman–Crippen LogP) is 1.54. The topological polar surface area (TPSA) is 137 Å². The molecule has 1 aromatic carbocycles. The number of hydrogen-bond donors (Lipinski definition) is 2. The second-order valence-electron chi connectivity index (χ2n) is 8.26. The van der Waals surface area contributed by atoms with Gasteiger partial charge in [0.05, 0.1) is 24.1 Å². The summed E-state index contributed by atoms with van der Waals surface area (Å²) in [5.74, 6) is -7.70. The molecule has 3 N–H and O–H groups in total. The third kappa shape index (κ3) is 4.45. The van der Waals surface area contributed by atoms with Gasteiger partial charge in [0.25, 0.3) is 0 Å². The maximum Gasteiger partial charge on any atom is 0.491 e. The number of carbonyl (C=O) groups is 4. The van der Waals surface area contributed by atoms with Gasteiger partial charge < -0.3 is 15.9 Å². The van der Waals surface area contributed by atoms with Crippen molar-refractivity contribution in [1.29, 1.82) is 0 Å². The minimum Gasteiger partial charge on any atom is -0.418 e. The molecule has 1 aromatic rings. The molecule has 3 aliphatic rings. The number of rotatable bonds is 3. The highest BCUT2D eigenvalue weighted by molar-refractivity contribution is 6.17. The Morgan fingerprint density at radius 1 is 1.20 bits per heavy atom. The number of hydrazine groups is 1. The fourth-order valence-electron chi connectivity index (χ4n) is 4.01. The van der Waals surface area contributed by atoms with Gasteiger partial charge in [0, 0.05) is 17.7 Å². The van der Waals surface area contributed by atoms with Crippen molar-refractivity contribution < 1.29 is 46.9 Å². The third-order valence-electron chi connectivity index (χ3n) is 5.84. The first-order chi connectivity index (χ1) is 16.4. The molecule has 0 spiro atoms. The Bertz CT molecular complexity index is 1160. The van der Waals surface area contributed by atoms with Gasteiger partial charge in [-0.15, -0.1) is 0 Å². The minimum absolute atomic E-state index is 0.00822. The Kier molecular flexibility index (Phi) is 6.25. The maximum atomic E-state index is 13.4. The second kappa shape index (κ2) is 8.91. The maximum absolute atomic E-state index is 13.4. The molecule has 0 radical (unpaired) electrons. The van der Waals surface area contributed by atoms with Crippen LogP contribution in [0.2, 0.25) is 0 Å². The quantitative estimate of drug-likeness (QED) is 0.469. The number of Topliss-reactive ketones (excluding diaryl/α,β-unsaturated/α-hetero) is 2. The van der Waals surface area contributed by atoms with Crippen LogP contribution in [-0.4, -0.2) is 53.5 Å². The number of alkyl halides is 3. The van der Waals surface area contributed by atoms with Gasteiger partial charge in [0.1, 0.15) is 0 Å². The molecule has 1 saturated heterocycles. The number of fused-ring (bicyclic) bond motifs is 2. The van der Waals surface area contributed by atoms with Crippen molar-refractivity contribution in [3.63, 3.8) is 0 Å². The van der Waals surface area contributed by atoms with Crippen molar-refractivity contribution in [3.05, 3.63) is 59.0 Å². The predicted molar refractivity (Wildman–Crippen MR) is 109 cm³/mol. The van der Waals surface area contributed by atoms with E-state index in [0.29, 0.717) is 0 Å². The SMILES string of the molecule is C[C@@]1(N)C(=O)OOCCCN1NC1=C(OC(=O)C(F)(F)F)C=CC2C(=O)c3ccccc3C(=O)C12. The second-order valence-corrected chi connectivity index (χ2v) is 8.26. The molecule has 3 atom stereocenters. The summed E-state index contributed by atoms with van der Waals surface area (Å²) in [6.45, 7) is 1.26. The summed E-state index contributed by atoms with van der Waals surface area (Å²) in [6, 6.07) is 6.01. The first kappa shape index (κ1) is 24.6. The lowest BCUT2D eigenvalue weighted by atomic mass is 9.70. The summed E-state index contributed by atoms with van der Waals surface area (Å²) in [7, 11) is 0. The lowest BCUT2D eigenvalue weighted by Gasteiger charge is -2.41. The van der Waals surface area contributed by atoms with Crippen LogP contribution in [0.3, 0.4) is 0 Å². The van der Waals surface area contributed by atoms with Crippen molar-refractivity contribution in [1.82, 2.24) is 10.4 Å². The van der Waals surface area contributed by atoms with E-state index in [1.165, 1.54) is 31.2 Å². The molecule has 1 fully saturated rings. The Hall–Kier alpha value is -3.55. The Morgan fingerprint density at radius 2 is 1.86 bits per heavy atom. The molecular weight excluding hydrogens is 475 g/mol. The summed E-state index contributed by atoms with van der Waals surface area (Å²) in [6.07, 6.45) is -2.85. The van der Waals surface area contributed by atoms with E-state index >= 15 is 0 Å². The van der Waals surface area contributed by atoms with E-state index in [1.54, 1.807) is 6.07 Å². The van der Waals surface area contributed by atoms with Crippen molar-refractivity contribution in [3.8, 4) is 0 Å². The molecule has 0 saturated carbocycles. The molecule has 35 heavy (non-hydrogen) atoms. The number of allylic oxidation sites excluding steroid dienone is 3. The zero-order valence-corrected chi connectivity index (χ0v) is 18.3. The van der Waals surface area contributed by atoms with Gasteiger partial charge in [-0.25, -0.2) is 9.59 Å². The van der Waals surface area contributed by atoms with Crippen molar-refractivity contribution >= 4 is 23.5 Å². The number of nitrogens with one attached hydrogen (secondary N) is 1. The van der Waals surface area contributed by atoms with Gasteiger partial charge in [-0.05, 0) is 19.4 Å². The van der Waals surface area contributed by atoms with Gasteiger partial charge in [-0.3, -0.25) is 14.5 Å². The first-order valence-electron chi connectivity index (χ1n) is 10.5. The lowest BCUT2D eigenvalue weighted by Crippen LogP contribution is -2.66. The molecular formula is C22H20F3N3O7. The van der Waals surface area contributed by atoms with Crippen molar-refractivity contribution in [2.45, 2.75) is 25.2 Å². The highest BCUT2D eigenvalue weighted by Crippen LogP contribution is 2.40. The van der Waals surface area contributed by atoms with Gasteiger partial charge in [-0.2, -0.15) is 23.1 Å². The number of nitrogens with two attached hydrogens (primary N) is 1. The summed E-state index contributed by atoms with van der Waals surface area (Å²) < 4.78 is 43.5. The minimum atomic E-state index is -5.33. The molecule has 10 nitrogen and oxygen atoms in total. The first-order valence-corrected chi connectivity index (χ1v) is 10.5. The van der Waals surface area contributed by atoms with E-state index in [9.17, 15) is 32.3 Å². The average Bonchev–Trinajstić information content (AvgIpc) is 2.80. The molecule has 0 aromatic heterocycles. The summed E-state index contributed by atoms with van der Waals surface area (Å²) in [5.41, 5.74) is 6.78. The summed E-state index contributed by atoms with van der Waals surface area (Å²) in [5, 5.41) is 1.13. The fraction of sp³-hybridized carbons (Fsp3) is 0.364. The van der Waals surface area contributed by atoms with Crippen LogP contribution in [0.4, 0.5) is 13.2 Å². The van der Waals surface area contributed by atoms with Crippen LogP contribution in [0, 0.1) is 11.8 Å². The molecule has 186 valence electrons. The fourth-order valence-corrected chi connectivity index (χ4v) is 4.01. The van der Waals surface area contributed by atoms with Gasteiger partial charge in [0.2, 0.25) is 0 Å². The van der Waals surface area contributed by atoms with Crippen LogP contribution in [0.25, 0.3) is 0 Å². The molecule has 0 amide bonds. The van der Waals surface area contributed by atoms with Gasteiger partial charge >= 0.3 is 18.1 Å². The number of halogens is 3. The monoisotopic (exact) mass is 495 g/mol. The normalized spacial score (nSPS) is 27.4. The van der Waals surface area contributed by atoms with Crippen LogP contribution in [0.1, 0.15) is 34.1 Å². The molecule has 4 rings (SSSR count). The summed E-state index contributed by atoms with van der Waals surface area (Å²) in [4.78, 5) is 59.9. The molecule has 13 heteroatoms. The van der Waals surface area contributed by atoms with Crippen LogP contribution in [0.5, 0.6) is 0 Å². The van der Waals surface area contributed by atoms with E-state index in [2.05, 4.69) is 15.1 Å². The van der Waals surface area contributed by atoms with Crippen molar-refractivity contribution in [2.75, 3.05) is 13.2 Å². The average molecular weight is 495 g/mol. The van der Waals surface area contributed by atoms with E-state index in [-0.39, 0.29) is 36.4 Å². The Balaban J connectivity index is 1.81. The highest BCUT2D eigenvalue weighted by atomic mass is 19.4. The van der Waals surface area contributed by atoms with E-state index in [1.807, 2.05) is 0 Å². The molecule has 2 unspecified atom stereocenters. The highest BCUT2D eigenvalue weighted by Gasteiger charge is 2.49. The van der Waals surface area contributed by atoms with E-state index in [0.717, 1.165) is 11.1 Å². The number of ether oxygens (including phenoxy) is 1. The number of esters is 1.